The minimum Gasteiger partial charge on any atom is -0.379 e. The number of aryl methyl sites for hydroxylation is 1. The highest BCUT2D eigenvalue weighted by Crippen LogP contribution is 2.22. The Bertz CT molecular complexity index is 703. The Morgan fingerprint density at radius 3 is 2.92 bits per heavy atom. The Hall–Kier alpha value is -1.99. The summed E-state index contributed by atoms with van der Waals surface area (Å²) >= 11 is 1.38. The lowest BCUT2D eigenvalue weighted by atomic mass is 10.1. The van der Waals surface area contributed by atoms with E-state index < -0.39 is 0 Å². The second kappa shape index (κ2) is 9.48. The van der Waals surface area contributed by atoms with Crippen LogP contribution in [0, 0.1) is 12.7 Å². The molecule has 1 aromatic carbocycles. The van der Waals surface area contributed by atoms with Gasteiger partial charge >= 0.3 is 6.03 Å². The minimum atomic E-state index is -0.285. The number of urea groups is 1. The molecule has 0 aliphatic carbocycles. The number of rotatable bonds is 8. The third kappa shape index (κ3) is 6.80. The molecule has 0 bridgehead atoms. The van der Waals surface area contributed by atoms with Crippen molar-refractivity contribution in [3.05, 3.63) is 46.2 Å². The summed E-state index contributed by atoms with van der Waals surface area (Å²) in [4.78, 5) is 17.0. The molecule has 0 saturated carbocycles. The predicted octanol–water partition coefficient (Wildman–Crippen LogP) is 4.12. The van der Waals surface area contributed by atoms with Crippen LogP contribution in [0.5, 0.6) is 0 Å². The van der Waals surface area contributed by atoms with E-state index in [0.717, 1.165) is 16.9 Å². The lowest BCUT2D eigenvalue weighted by Crippen LogP contribution is -2.30. The van der Waals surface area contributed by atoms with E-state index in [9.17, 15) is 9.18 Å². The van der Waals surface area contributed by atoms with E-state index in [1.807, 2.05) is 19.9 Å². The molecule has 0 spiro atoms. The van der Waals surface area contributed by atoms with Gasteiger partial charge < -0.3 is 10.1 Å². The molecule has 2 N–H and O–H groups in total. The second-order valence-corrected chi connectivity index (χ2v) is 7.16. The maximum absolute atomic E-state index is 13.6. The second-order valence-electron chi connectivity index (χ2n) is 6.05. The molecule has 2 aromatic rings. The Balaban J connectivity index is 1.76. The lowest BCUT2D eigenvalue weighted by molar-refractivity contribution is 0.0775. The highest BCUT2D eigenvalue weighted by Gasteiger charge is 2.08. The number of halogens is 1. The number of amides is 2. The van der Waals surface area contributed by atoms with E-state index >= 15 is 0 Å². The summed E-state index contributed by atoms with van der Waals surface area (Å²) in [6.45, 7) is 6.85. The van der Waals surface area contributed by atoms with E-state index in [1.165, 1.54) is 17.4 Å². The lowest BCUT2D eigenvalue weighted by Gasteiger charge is -2.08. The first-order chi connectivity index (χ1) is 11.9. The third-order valence-electron chi connectivity index (χ3n) is 3.45. The number of hydrogen-bond donors (Lipinski definition) is 2. The van der Waals surface area contributed by atoms with E-state index in [-0.39, 0.29) is 18.0 Å². The SMILES string of the molecule is Cc1ccc(Cc2cnc(NC(=O)NCCCOC(C)C)s2)cc1F. The molecule has 0 fully saturated rings. The number of hydrogen-bond acceptors (Lipinski definition) is 4. The van der Waals surface area contributed by atoms with Crippen LogP contribution in [0.3, 0.4) is 0 Å². The Morgan fingerprint density at radius 2 is 2.20 bits per heavy atom. The predicted molar refractivity (Wildman–Crippen MR) is 98.8 cm³/mol. The smallest absolute Gasteiger partial charge is 0.321 e. The summed E-state index contributed by atoms with van der Waals surface area (Å²) in [5.74, 6) is -0.207. The number of nitrogens with one attached hydrogen (secondary N) is 2. The first-order valence-electron chi connectivity index (χ1n) is 8.30. The van der Waals surface area contributed by atoms with Crippen LogP contribution < -0.4 is 10.6 Å². The van der Waals surface area contributed by atoms with Crippen molar-refractivity contribution in [3.63, 3.8) is 0 Å². The topological polar surface area (TPSA) is 63.2 Å². The van der Waals surface area contributed by atoms with Crippen molar-refractivity contribution in [2.24, 2.45) is 0 Å². The number of anilines is 1. The molecule has 0 saturated heterocycles. The van der Waals surface area contributed by atoms with Crippen molar-refractivity contribution in [1.29, 1.82) is 0 Å². The van der Waals surface area contributed by atoms with Crippen LogP contribution in [0.2, 0.25) is 0 Å². The molecular formula is C18H24FN3O2S. The van der Waals surface area contributed by atoms with E-state index in [1.54, 1.807) is 19.2 Å². The molecule has 0 unspecified atom stereocenters. The third-order valence-corrected chi connectivity index (χ3v) is 4.36. The van der Waals surface area contributed by atoms with Crippen molar-refractivity contribution in [2.45, 2.75) is 39.7 Å². The van der Waals surface area contributed by atoms with Gasteiger partial charge in [0.1, 0.15) is 5.82 Å². The van der Waals surface area contributed by atoms with Crippen LogP contribution in [0.15, 0.2) is 24.4 Å². The number of aromatic nitrogens is 1. The van der Waals surface area contributed by atoms with Gasteiger partial charge in [-0.25, -0.2) is 14.2 Å². The van der Waals surface area contributed by atoms with Gasteiger partial charge in [0.05, 0.1) is 6.10 Å². The molecule has 1 heterocycles. The van der Waals surface area contributed by atoms with E-state index in [0.29, 0.717) is 30.3 Å². The number of carbonyl (C=O) groups is 1. The number of ether oxygens (including phenoxy) is 1. The summed E-state index contributed by atoms with van der Waals surface area (Å²) in [6, 6.07) is 4.92. The molecule has 7 heteroatoms. The maximum atomic E-state index is 13.6. The summed E-state index contributed by atoms with van der Waals surface area (Å²) in [5.41, 5.74) is 1.51. The van der Waals surface area contributed by atoms with Gasteiger partial charge in [0, 0.05) is 30.6 Å². The largest absolute Gasteiger partial charge is 0.379 e. The average Bonchev–Trinajstić information content (AvgIpc) is 2.97. The van der Waals surface area contributed by atoms with Crippen LogP contribution >= 0.6 is 11.3 Å². The van der Waals surface area contributed by atoms with Gasteiger partial charge in [-0.3, -0.25) is 5.32 Å². The highest BCUT2D eigenvalue weighted by molar-refractivity contribution is 7.15. The molecular weight excluding hydrogens is 341 g/mol. The normalized spacial score (nSPS) is 10.9. The fourth-order valence-electron chi connectivity index (χ4n) is 2.13. The van der Waals surface area contributed by atoms with E-state index in [4.69, 9.17) is 4.74 Å². The monoisotopic (exact) mass is 365 g/mol. The first-order valence-corrected chi connectivity index (χ1v) is 9.12. The van der Waals surface area contributed by atoms with Gasteiger partial charge in [0.2, 0.25) is 0 Å². The number of benzene rings is 1. The van der Waals surface area contributed by atoms with Crippen molar-refractivity contribution < 1.29 is 13.9 Å². The standard InChI is InChI=1S/C18H24FN3O2S/c1-12(2)24-8-4-7-20-17(23)22-18-21-11-15(25-18)9-14-6-5-13(3)16(19)10-14/h5-6,10-12H,4,7-9H2,1-3H3,(H2,20,21,22,23). The molecule has 0 radical (unpaired) electrons. The zero-order valence-electron chi connectivity index (χ0n) is 14.8. The molecule has 25 heavy (non-hydrogen) atoms. The zero-order valence-corrected chi connectivity index (χ0v) is 15.6. The average molecular weight is 365 g/mol. The van der Waals surface area contributed by atoms with E-state index in [2.05, 4.69) is 15.6 Å². The Labute approximate surface area is 151 Å². The molecule has 0 atom stereocenters. The number of thiazole rings is 1. The van der Waals surface area contributed by atoms with Crippen LogP contribution in [0.25, 0.3) is 0 Å². The van der Waals surface area contributed by atoms with Gasteiger partial charge in [-0.2, -0.15) is 0 Å². The van der Waals surface area contributed by atoms with Crippen molar-refractivity contribution in [3.8, 4) is 0 Å². The van der Waals surface area contributed by atoms with Gasteiger partial charge in [-0.05, 0) is 44.4 Å². The summed E-state index contributed by atoms with van der Waals surface area (Å²) < 4.78 is 19.0. The quantitative estimate of drug-likeness (QED) is 0.692. The molecule has 5 nitrogen and oxygen atoms in total. The molecule has 2 rings (SSSR count). The van der Waals surface area contributed by atoms with Crippen LogP contribution in [-0.2, 0) is 11.2 Å². The van der Waals surface area contributed by atoms with Crippen molar-refractivity contribution in [2.75, 3.05) is 18.5 Å². The molecule has 0 aliphatic heterocycles. The van der Waals surface area contributed by atoms with Crippen molar-refractivity contribution in [1.82, 2.24) is 10.3 Å². The number of nitrogens with zero attached hydrogens (tertiary/aromatic N) is 1. The fraction of sp³-hybridized carbons (Fsp3) is 0.444. The Kier molecular flexibility index (Phi) is 7.33. The van der Waals surface area contributed by atoms with Crippen LogP contribution in [0.4, 0.5) is 14.3 Å². The zero-order chi connectivity index (χ0) is 18.2. The molecule has 136 valence electrons. The Morgan fingerprint density at radius 1 is 1.40 bits per heavy atom. The van der Waals surface area contributed by atoms with Crippen LogP contribution in [0.1, 0.15) is 36.3 Å². The fourth-order valence-corrected chi connectivity index (χ4v) is 2.97. The molecule has 1 aromatic heterocycles. The van der Waals surface area contributed by atoms with Gasteiger partial charge in [-0.15, -0.1) is 11.3 Å². The minimum absolute atomic E-state index is 0.199. The summed E-state index contributed by atoms with van der Waals surface area (Å²) in [7, 11) is 0. The van der Waals surface area contributed by atoms with Crippen molar-refractivity contribution >= 4 is 22.5 Å². The van der Waals surface area contributed by atoms with Gasteiger partial charge in [0.15, 0.2) is 5.13 Å². The first kappa shape index (κ1) is 19.3. The van der Waals surface area contributed by atoms with Gasteiger partial charge in [-0.1, -0.05) is 12.1 Å². The van der Waals surface area contributed by atoms with Crippen LogP contribution in [-0.4, -0.2) is 30.3 Å². The molecule has 0 aliphatic rings. The summed E-state index contributed by atoms with van der Waals surface area (Å²) in [5, 5.41) is 6.00. The maximum Gasteiger partial charge on any atom is 0.321 e. The van der Waals surface area contributed by atoms with Gasteiger partial charge in [0.25, 0.3) is 0 Å². The number of carbonyl (C=O) groups excluding carboxylic acids is 1. The highest BCUT2D eigenvalue weighted by atomic mass is 32.1. The summed E-state index contributed by atoms with van der Waals surface area (Å²) in [6.07, 6.45) is 3.25. The molecule has 2 amide bonds.